The number of hydrogen-bond donors (Lipinski definition) is 7. The van der Waals surface area contributed by atoms with Gasteiger partial charge < -0.3 is 39.4 Å². The van der Waals surface area contributed by atoms with E-state index in [1.807, 2.05) is 6.26 Å². The molecule has 2 aliphatic heterocycles. The van der Waals surface area contributed by atoms with Gasteiger partial charge in [-0.25, -0.2) is 4.79 Å². The van der Waals surface area contributed by atoms with Gasteiger partial charge in [-0.3, -0.25) is 14.9 Å². The maximum atomic E-state index is 13.5. The molecule has 0 aromatic carbocycles. The van der Waals surface area contributed by atoms with Crippen molar-refractivity contribution >= 4 is 55.9 Å². The molecule has 2 bridgehead atoms. The molecule has 13 nitrogen and oxygen atoms in total. The second-order valence-electron chi connectivity index (χ2n) is 10.9. The molecule has 0 saturated carbocycles. The Kier molecular flexibility index (Phi) is 14.0. The largest absolute Gasteiger partial charge is 0.453 e. The molecule has 0 spiro atoms. The number of nitrogens with one attached hydrogen (secondary N) is 2. The molecule has 0 aromatic rings. The van der Waals surface area contributed by atoms with E-state index in [2.05, 4.69) is 47.1 Å². The van der Waals surface area contributed by atoms with E-state index in [9.17, 15) is 30.0 Å². The monoisotopic (exact) mass is 730 g/mol. The minimum Gasteiger partial charge on any atom is -0.453 e. The summed E-state index contributed by atoms with van der Waals surface area (Å²) in [4.78, 5) is 31.5. The minimum atomic E-state index is -1.96. The van der Waals surface area contributed by atoms with E-state index < -0.39 is 79.1 Å². The summed E-state index contributed by atoms with van der Waals surface area (Å²) >= 11 is 4.33. The number of fused-ring (bicyclic) bond motifs is 2. The molecule has 4 aliphatic rings. The second-order valence-corrected chi connectivity index (χ2v) is 15.9. The molecular formula is C30H38N2O11S4. The molecule has 6 N–H and O–H groups in total. The number of hydrogen-bond acceptors (Lipinski definition) is 16. The maximum absolute atomic E-state index is 13.5. The Balaban J connectivity index is 1.64. The molecule has 2 saturated heterocycles. The molecule has 0 unspecified atom stereocenters. The van der Waals surface area contributed by atoms with E-state index in [1.54, 1.807) is 19.9 Å². The van der Waals surface area contributed by atoms with E-state index in [4.69, 9.17) is 23.8 Å². The van der Waals surface area contributed by atoms with Crippen LogP contribution in [0.5, 0.6) is 0 Å². The topological polar surface area (TPSA) is 185 Å². The summed E-state index contributed by atoms with van der Waals surface area (Å²) in [5, 5.41) is 46.3. The molecule has 1 amide bonds. The molecule has 2 aliphatic carbocycles. The maximum Gasteiger partial charge on any atom is 0.411 e. The first-order valence-electron chi connectivity index (χ1n) is 14.6. The van der Waals surface area contributed by atoms with Gasteiger partial charge in [-0.15, -0.1) is 0 Å². The lowest BCUT2D eigenvalue weighted by atomic mass is 9.75. The molecule has 258 valence electrons. The van der Waals surface area contributed by atoms with Crippen LogP contribution in [0.2, 0.25) is 0 Å². The van der Waals surface area contributed by atoms with Crippen molar-refractivity contribution in [1.82, 2.24) is 10.8 Å². The Bertz CT molecular complexity index is 1380. The zero-order valence-electron chi connectivity index (χ0n) is 25.9. The molecule has 0 radical (unpaired) electrons. The van der Waals surface area contributed by atoms with Crippen molar-refractivity contribution in [2.24, 2.45) is 0 Å². The minimum absolute atomic E-state index is 0.00662. The summed E-state index contributed by atoms with van der Waals surface area (Å²) in [6.45, 7) is 3.36. The fraction of sp³-hybridized carbons (Fsp3) is 0.600. The van der Waals surface area contributed by atoms with Gasteiger partial charge in [0.05, 0.1) is 48.8 Å². The predicted octanol–water partition coefficient (Wildman–Crippen LogP) is 0.999. The van der Waals surface area contributed by atoms with Gasteiger partial charge in [-0.2, -0.15) is 18.1 Å². The highest BCUT2D eigenvalue weighted by Crippen LogP contribution is 2.40. The highest BCUT2D eigenvalue weighted by molar-refractivity contribution is 9.09. The molecule has 4 rings (SSSR count). The van der Waals surface area contributed by atoms with Gasteiger partial charge in [0.25, 0.3) is 0 Å². The van der Waals surface area contributed by atoms with Crippen molar-refractivity contribution in [3.05, 3.63) is 35.1 Å². The number of Topliss-reactive ketones (excluding diaryl/α,β-unsaturated/α-hetero) is 1. The van der Waals surface area contributed by atoms with Crippen molar-refractivity contribution in [2.45, 2.75) is 92.8 Å². The number of rotatable bonds is 10. The number of thiol groups is 1. The molecule has 2 fully saturated rings. The quantitative estimate of drug-likeness (QED) is 0.0555. The number of ketones is 1. The fourth-order valence-electron chi connectivity index (χ4n) is 5.31. The summed E-state index contributed by atoms with van der Waals surface area (Å²) in [6.07, 6.45) is -3.71. The number of allylic oxidation sites excluding steroid dienone is 3. The zero-order valence-corrected chi connectivity index (χ0v) is 29.3. The van der Waals surface area contributed by atoms with Crippen LogP contribution in [0, 0.1) is 23.7 Å². The molecule has 17 heteroatoms. The third kappa shape index (κ3) is 9.31. The predicted molar refractivity (Wildman–Crippen MR) is 180 cm³/mol. The van der Waals surface area contributed by atoms with E-state index in [-0.39, 0.29) is 28.5 Å². The second kappa shape index (κ2) is 17.3. The lowest BCUT2D eigenvalue weighted by Crippen LogP contribution is -2.63. The van der Waals surface area contributed by atoms with Gasteiger partial charge in [0.15, 0.2) is 24.0 Å². The van der Waals surface area contributed by atoms with Crippen LogP contribution in [0.1, 0.15) is 26.7 Å². The molecule has 47 heavy (non-hydrogen) atoms. The SMILES string of the molecule is COC(=O)NC1=C2/C(=C\CSSSC)[C@](O)(C#C/C=C\C#C[C@@H]2O[C@@H]2O[C@H](C)[C@@H](NO[C@H]3C[C@H](O)[C@H](S)[C@@H](C)O3)[C@H](O)[C@H]2O)CC1=O. The van der Waals surface area contributed by atoms with Crippen molar-refractivity contribution in [3.63, 3.8) is 0 Å². The van der Waals surface area contributed by atoms with Crippen LogP contribution in [-0.2, 0) is 28.6 Å². The first kappa shape index (κ1) is 38.1. The third-order valence-electron chi connectivity index (χ3n) is 7.72. The Hall–Kier alpha value is -1.68. The van der Waals surface area contributed by atoms with E-state index >= 15 is 0 Å². The van der Waals surface area contributed by atoms with Crippen LogP contribution < -0.4 is 10.8 Å². The number of methoxy groups -OCH3 is 1. The Morgan fingerprint density at radius 1 is 1.19 bits per heavy atom. The van der Waals surface area contributed by atoms with Crippen molar-refractivity contribution < 1.29 is 53.8 Å². The summed E-state index contributed by atoms with van der Waals surface area (Å²) in [7, 11) is 5.64. The number of carbonyl (C=O) groups is 2. The van der Waals surface area contributed by atoms with Crippen molar-refractivity contribution in [3.8, 4) is 23.7 Å². The third-order valence-corrected chi connectivity index (χ3v) is 12.2. The van der Waals surface area contributed by atoms with Crippen LogP contribution in [0.3, 0.4) is 0 Å². The first-order valence-corrected chi connectivity index (χ1v) is 19.1. The first-order chi connectivity index (χ1) is 22.4. The Morgan fingerprint density at radius 2 is 1.94 bits per heavy atom. The van der Waals surface area contributed by atoms with E-state index in [0.717, 1.165) is 7.11 Å². The van der Waals surface area contributed by atoms with Gasteiger partial charge in [0.2, 0.25) is 0 Å². The molecule has 2 heterocycles. The Morgan fingerprint density at radius 3 is 2.64 bits per heavy atom. The highest BCUT2D eigenvalue weighted by Gasteiger charge is 2.49. The average molecular weight is 731 g/mol. The number of aliphatic hydroxyl groups excluding tert-OH is 3. The number of carbonyl (C=O) groups excluding carboxylic acids is 2. The van der Waals surface area contributed by atoms with Gasteiger partial charge in [-0.1, -0.05) is 51.3 Å². The molecule has 0 aromatic heterocycles. The summed E-state index contributed by atoms with van der Waals surface area (Å²) < 4.78 is 22.6. The lowest BCUT2D eigenvalue weighted by molar-refractivity contribution is -0.301. The van der Waals surface area contributed by atoms with Crippen LogP contribution in [0.4, 0.5) is 4.79 Å². The standard InChI is InChI=1S/C30H38N2O11S4/c1-15-23(32-43-21-13-18(33)27(44)16(2)40-21)25(35)26(36)28(41-15)42-20-9-7-5-6-8-11-30(38)14-19(34)24(31-29(37)39-3)22(20)17(30)10-12-46-47-45-4/h5-6,10,15-16,18,20-21,23,25-28,32-33,35-36,38,44H,12-14H2,1-4H3,(H,31,37)/b6-5-,17-10+/t15-,16-,18+,20+,21+,23-,25+,26-,27-,28+,30+/m1/s1. The average Bonchev–Trinajstić information content (AvgIpc) is 3.03. The summed E-state index contributed by atoms with van der Waals surface area (Å²) in [6, 6.07) is -0.957. The Labute approximate surface area is 290 Å². The zero-order chi connectivity index (χ0) is 34.3. The summed E-state index contributed by atoms with van der Waals surface area (Å²) in [5.41, 5.74) is 0.688. The summed E-state index contributed by atoms with van der Waals surface area (Å²) in [5.74, 6) is 10.8. The normalized spacial score (nSPS) is 38.5. The van der Waals surface area contributed by atoms with Gasteiger partial charge in [-0.05, 0) is 42.1 Å². The fourth-order valence-corrected chi connectivity index (χ4v) is 7.91. The van der Waals surface area contributed by atoms with Crippen LogP contribution in [-0.4, -0.2) is 118 Å². The molecular weight excluding hydrogens is 693 g/mol. The van der Waals surface area contributed by atoms with Gasteiger partial charge >= 0.3 is 6.09 Å². The number of amides is 1. The number of alkyl carbamates (subject to hydrolysis) is 1. The van der Waals surface area contributed by atoms with Crippen LogP contribution in [0.15, 0.2) is 35.1 Å². The van der Waals surface area contributed by atoms with E-state index in [0.29, 0.717) is 5.75 Å². The number of hydroxylamine groups is 1. The van der Waals surface area contributed by atoms with Gasteiger partial charge in [0, 0.05) is 23.3 Å². The molecule has 11 atom stereocenters. The number of aliphatic hydroxyl groups is 4. The van der Waals surface area contributed by atoms with Crippen LogP contribution in [0.25, 0.3) is 0 Å². The van der Waals surface area contributed by atoms with Crippen LogP contribution >= 0.6 is 44.0 Å². The van der Waals surface area contributed by atoms with Crippen molar-refractivity contribution in [1.29, 1.82) is 0 Å². The lowest BCUT2D eigenvalue weighted by Gasteiger charge is -2.43. The number of ether oxygens (including phenoxy) is 4. The van der Waals surface area contributed by atoms with Crippen molar-refractivity contribution in [2.75, 3.05) is 19.1 Å². The van der Waals surface area contributed by atoms with E-state index in [1.165, 1.54) is 43.6 Å². The highest BCUT2D eigenvalue weighted by atomic mass is 33.5. The smallest absolute Gasteiger partial charge is 0.411 e. The van der Waals surface area contributed by atoms with Gasteiger partial charge in [0.1, 0.15) is 18.3 Å².